The third-order valence-corrected chi connectivity index (χ3v) is 5.49. The van der Waals surface area contributed by atoms with Gasteiger partial charge in [-0.2, -0.15) is 0 Å². The minimum absolute atomic E-state index is 0.469. The maximum atomic E-state index is 2.32. The highest BCUT2D eigenvalue weighted by Gasteiger charge is 2.15. The predicted molar refractivity (Wildman–Crippen MR) is 63.9 cm³/mol. The number of hydrogen-bond acceptors (Lipinski definition) is 2. The van der Waals surface area contributed by atoms with Crippen molar-refractivity contribution in [3.8, 4) is 0 Å². The molecule has 0 atom stereocenters. The fourth-order valence-corrected chi connectivity index (χ4v) is 3.43. The lowest BCUT2D eigenvalue weighted by Crippen LogP contribution is -2.10. The molecule has 0 aromatic rings. The summed E-state index contributed by atoms with van der Waals surface area (Å²) in [7, 11) is 4.09. The van der Waals surface area contributed by atoms with Crippen LogP contribution < -0.4 is 0 Å². The van der Waals surface area contributed by atoms with E-state index in [1.807, 2.05) is 21.6 Å². The van der Waals surface area contributed by atoms with Crippen molar-refractivity contribution in [2.24, 2.45) is 0 Å². The quantitative estimate of drug-likeness (QED) is 0.435. The second-order valence-corrected chi connectivity index (χ2v) is 6.85. The van der Waals surface area contributed by atoms with Crippen molar-refractivity contribution in [1.29, 1.82) is 0 Å². The second kappa shape index (κ2) is 7.14. The van der Waals surface area contributed by atoms with Crippen LogP contribution in [-0.4, -0.2) is 10.5 Å². The Morgan fingerprint density at radius 3 is 2.25 bits per heavy atom. The van der Waals surface area contributed by atoms with E-state index in [9.17, 15) is 0 Å². The van der Waals surface area contributed by atoms with Gasteiger partial charge < -0.3 is 0 Å². The van der Waals surface area contributed by atoms with Gasteiger partial charge in [0.25, 0.3) is 0 Å². The van der Waals surface area contributed by atoms with Crippen molar-refractivity contribution in [2.75, 3.05) is 5.75 Å². The molecule has 0 heterocycles. The zero-order chi connectivity index (χ0) is 9.45. The molecule has 0 saturated heterocycles. The zero-order valence-corrected chi connectivity index (χ0v) is 10.5. The molecule has 0 aromatic carbocycles. The van der Waals surface area contributed by atoms with Gasteiger partial charge in [-0.1, -0.05) is 48.3 Å². The van der Waals surface area contributed by atoms with Gasteiger partial charge in [0.05, 0.1) is 0 Å². The number of rotatable bonds is 7. The van der Waals surface area contributed by atoms with Crippen molar-refractivity contribution in [2.45, 2.75) is 58.1 Å². The summed E-state index contributed by atoms with van der Waals surface area (Å²) in [5, 5.41) is 0. The van der Waals surface area contributed by atoms with Gasteiger partial charge in [-0.25, -0.2) is 0 Å². The first-order chi connectivity index (χ1) is 5.62. The highest BCUT2D eigenvalue weighted by atomic mass is 33.1. The van der Waals surface area contributed by atoms with Gasteiger partial charge in [0.1, 0.15) is 0 Å². The first-order valence-corrected chi connectivity index (χ1v) is 7.25. The van der Waals surface area contributed by atoms with E-state index in [4.69, 9.17) is 0 Å². The SMILES string of the molecule is CCCCCSSC(C)(C)CC. The molecular formula is C10H22S2. The summed E-state index contributed by atoms with van der Waals surface area (Å²) in [6.07, 6.45) is 5.37. The highest BCUT2D eigenvalue weighted by Crippen LogP contribution is 2.38. The normalized spacial score (nSPS) is 12.0. The smallest absolute Gasteiger partial charge is 0.0204 e. The molecule has 0 fully saturated rings. The molecule has 0 nitrogen and oxygen atoms in total. The van der Waals surface area contributed by atoms with Gasteiger partial charge >= 0.3 is 0 Å². The van der Waals surface area contributed by atoms with Crippen molar-refractivity contribution < 1.29 is 0 Å². The molecule has 0 radical (unpaired) electrons. The molecule has 0 unspecified atom stereocenters. The molecule has 0 aliphatic heterocycles. The van der Waals surface area contributed by atoms with Crippen LogP contribution in [0, 0.1) is 0 Å². The first kappa shape index (κ1) is 12.7. The molecule has 0 amide bonds. The van der Waals surface area contributed by atoms with E-state index in [1.165, 1.54) is 31.4 Å². The number of unbranched alkanes of at least 4 members (excludes halogenated alkanes) is 2. The molecule has 74 valence electrons. The maximum absolute atomic E-state index is 2.32. The summed E-state index contributed by atoms with van der Waals surface area (Å²) < 4.78 is 0.469. The Balaban J connectivity index is 3.19. The van der Waals surface area contributed by atoms with E-state index in [-0.39, 0.29) is 0 Å². The van der Waals surface area contributed by atoms with E-state index in [2.05, 4.69) is 27.7 Å². The Bertz CT molecular complexity index is 100. The van der Waals surface area contributed by atoms with Crippen LogP contribution in [0.15, 0.2) is 0 Å². The first-order valence-electron chi connectivity index (χ1n) is 4.93. The van der Waals surface area contributed by atoms with Crippen LogP contribution >= 0.6 is 21.6 Å². The molecule has 0 saturated carbocycles. The van der Waals surface area contributed by atoms with Crippen LogP contribution in [0.2, 0.25) is 0 Å². The van der Waals surface area contributed by atoms with Gasteiger partial charge in [0, 0.05) is 10.5 Å². The Kier molecular flexibility index (Phi) is 7.55. The lowest BCUT2D eigenvalue weighted by molar-refractivity contribution is 0.690. The lowest BCUT2D eigenvalue weighted by atomic mass is 10.1. The second-order valence-electron chi connectivity index (χ2n) is 3.73. The average Bonchev–Trinajstić information content (AvgIpc) is 2.04. The van der Waals surface area contributed by atoms with Gasteiger partial charge in [-0.3, -0.25) is 0 Å². The monoisotopic (exact) mass is 206 g/mol. The average molecular weight is 206 g/mol. The third kappa shape index (κ3) is 7.35. The summed E-state index contributed by atoms with van der Waals surface area (Å²) in [5.74, 6) is 1.32. The fourth-order valence-electron chi connectivity index (χ4n) is 0.671. The largest absolute Gasteiger partial charge is 0.0936 e. The number of hydrogen-bond donors (Lipinski definition) is 0. The Morgan fingerprint density at radius 1 is 1.08 bits per heavy atom. The van der Waals surface area contributed by atoms with Gasteiger partial charge in [0.2, 0.25) is 0 Å². The Morgan fingerprint density at radius 2 is 1.75 bits per heavy atom. The van der Waals surface area contributed by atoms with E-state index in [0.717, 1.165) is 0 Å². The van der Waals surface area contributed by atoms with Crippen LogP contribution in [0.25, 0.3) is 0 Å². The molecule has 0 aliphatic carbocycles. The molecule has 0 bridgehead atoms. The maximum Gasteiger partial charge on any atom is 0.0204 e. The molecule has 0 aromatic heterocycles. The summed E-state index contributed by atoms with van der Waals surface area (Å²) in [6, 6.07) is 0. The fraction of sp³-hybridized carbons (Fsp3) is 1.00. The van der Waals surface area contributed by atoms with Crippen molar-refractivity contribution in [3.63, 3.8) is 0 Å². The van der Waals surface area contributed by atoms with Crippen LogP contribution in [0.4, 0.5) is 0 Å². The lowest BCUT2D eigenvalue weighted by Gasteiger charge is -2.20. The van der Waals surface area contributed by atoms with Crippen molar-refractivity contribution in [3.05, 3.63) is 0 Å². The van der Waals surface area contributed by atoms with Crippen LogP contribution in [0.5, 0.6) is 0 Å². The standard InChI is InChI=1S/C10H22S2/c1-5-7-8-9-11-12-10(3,4)6-2/h5-9H2,1-4H3. The van der Waals surface area contributed by atoms with Gasteiger partial charge in [-0.15, -0.1) is 0 Å². The molecule has 12 heavy (non-hydrogen) atoms. The minimum atomic E-state index is 0.469. The summed E-state index contributed by atoms with van der Waals surface area (Å²) in [6.45, 7) is 9.17. The predicted octanol–water partition coefficient (Wildman–Crippen LogP) is 4.75. The summed E-state index contributed by atoms with van der Waals surface area (Å²) >= 11 is 0. The van der Waals surface area contributed by atoms with Gasteiger partial charge in [-0.05, 0) is 26.7 Å². The molecule has 2 heteroatoms. The topological polar surface area (TPSA) is 0 Å². The van der Waals surface area contributed by atoms with E-state index in [1.54, 1.807) is 0 Å². The third-order valence-electron chi connectivity index (χ3n) is 1.97. The molecule has 0 rings (SSSR count). The Hall–Kier alpha value is 0.700. The van der Waals surface area contributed by atoms with Crippen LogP contribution in [0.3, 0.4) is 0 Å². The van der Waals surface area contributed by atoms with Crippen molar-refractivity contribution >= 4 is 21.6 Å². The van der Waals surface area contributed by atoms with E-state index in [0.29, 0.717) is 4.75 Å². The minimum Gasteiger partial charge on any atom is -0.0936 e. The Labute approximate surface area is 85.7 Å². The van der Waals surface area contributed by atoms with E-state index < -0.39 is 0 Å². The molecular weight excluding hydrogens is 184 g/mol. The molecule has 0 spiro atoms. The molecule has 0 aliphatic rings. The van der Waals surface area contributed by atoms with E-state index >= 15 is 0 Å². The zero-order valence-electron chi connectivity index (χ0n) is 8.85. The highest BCUT2D eigenvalue weighted by molar-refractivity contribution is 8.77. The molecule has 0 N–H and O–H groups in total. The van der Waals surface area contributed by atoms with Crippen LogP contribution in [0.1, 0.15) is 53.4 Å². The van der Waals surface area contributed by atoms with Crippen LogP contribution in [-0.2, 0) is 0 Å². The summed E-state index contributed by atoms with van der Waals surface area (Å²) in [5.41, 5.74) is 0. The van der Waals surface area contributed by atoms with Gasteiger partial charge in [0.15, 0.2) is 0 Å². The van der Waals surface area contributed by atoms with Crippen molar-refractivity contribution in [1.82, 2.24) is 0 Å². The summed E-state index contributed by atoms with van der Waals surface area (Å²) in [4.78, 5) is 0.